The molecule has 246 valence electrons. The topological polar surface area (TPSA) is 90.4 Å². The van der Waals surface area contributed by atoms with Crippen molar-refractivity contribution in [2.24, 2.45) is 11.8 Å². The number of fused-ring (bicyclic) bond motifs is 1. The predicted octanol–water partition coefficient (Wildman–Crippen LogP) is 4.77. The highest BCUT2D eigenvalue weighted by molar-refractivity contribution is 5.99. The van der Waals surface area contributed by atoms with E-state index in [2.05, 4.69) is 13.2 Å². The minimum Gasteiger partial charge on any atom is -0.394 e. The van der Waals surface area contributed by atoms with E-state index in [1.54, 1.807) is 26.9 Å². The molecule has 3 amide bonds. The SMILES string of the molecule is C=CCN(Cc1ccccc1)C(=O)[C@@H]1[C@H]2C(=O)N([C@@H](CO)Cc3ccccc3)C(C(=O)N(CC=C)C(C)(C)C)C23CC[C@@]1(CC)O3. The molecular weight excluding hydrogens is 578 g/mol. The number of rotatable bonds is 13. The molecule has 3 aliphatic heterocycles. The average Bonchev–Trinajstić information content (AvgIpc) is 3.65. The minimum atomic E-state index is -1.20. The summed E-state index contributed by atoms with van der Waals surface area (Å²) in [5.74, 6) is -2.35. The summed E-state index contributed by atoms with van der Waals surface area (Å²) >= 11 is 0. The van der Waals surface area contributed by atoms with Gasteiger partial charge in [0.05, 0.1) is 30.1 Å². The molecule has 2 aromatic carbocycles. The highest BCUT2D eigenvalue weighted by Gasteiger charge is 2.79. The first-order valence-electron chi connectivity index (χ1n) is 16.5. The molecular formula is C38H49N3O5. The molecule has 3 heterocycles. The maximum atomic E-state index is 15.0. The highest BCUT2D eigenvalue weighted by atomic mass is 16.5. The highest BCUT2D eigenvalue weighted by Crippen LogP contribution is 2.65. The Morgan fingerprint density at radius 3 is 2.15 bits per heavy atom. The fourth-order valence-corrected chi connectivity index (χ4v) is 8.20. The summed E-state index contributed by atoms with van der Waals surface area (Å²) < 4.78 is 7.06. The van der Waals surface area contributed by atoms with Crippen LogP contribution in [0.5, 0.6) is 0 Å². The lowest BCUT2D eigenvalue weighted by atomic mass is 9.64. The molecule has 1 N–H and O–H groups in total. The fourth-order valence-electron chi connectivity index (χ4n) is 8.20. The summed E-state index contributed by atoms with van der Waals surface area (Å²) in [4.78, 5) is 49.7. The van der Waals surface area contributed by atoms with Crippen LogP contribution in [0.1, 0.15) is 58.1 Å². The summed E-state index contributed by atoms with van der Waals surface area (Å²) in [7, 11) is 0. The van der Waals surface area contributed by atoms with Crippen LogP contribution in [0, 0.1) is 11.8 Å². The summed E-state index contributed by atoms with van der Waals surface area (Å²) in [6, 6.07) is 17.8. The number of hydrogen-bond donors (Lipinski definition) is 1. The Kier molecular flexibility index (Phi) is 9.62. The van der Waals surface area contributed by atoms with Crippen molar-refractivity contribution in [1.29, 1.82) is 0 Å². The Balaban J connectivity index is 1.63. The second-order valence-electron chi connectivity index (χ2n) is 14.0. The summed E-state index contributed by atoms with van der Waals surface area (Å²) in [6.45, 7) is 16.3. The molecule has 46 heavy (non-hydrogen) atoms. The average molecular weight is 628 g/mol. The molecule has 6 atom stereocenters. The van der Waals surface area contributed by atoms with E-state index < -0.39 is 40.7 Å². The number of carbonyl (C=O) groups is 3. The van der Waals surface area contributed by atoms with E-state index >= 15 is 0 Å². The summed E-state index contributed by atoms with van der Waals surface area (Å²) in [6.07, 6.45) is 5.33. The number of nitrogens with zero attached hydrogens (tertiary/aromatic N) is 3. The lowest BCUT2D eigenvalue weighted by Gasteiger charge is -2.43. The lowest BCUT2D eigenvalue weighted by molar-refractivity contribution is -0.160. The van der Waals surface area contributed by atoms with Crippen LogP contribution in [0.4, 0.5) is 0 Å². The number of benzene rings is 2. The molecule has 3 aliphatic rings. The number of carbonyl (C=O) groups excluding carboxylic acids is 3. The zero-order valence-corrected chi connectivity index (χ0v) is 27.7. The van der Waals surface area contributed by atoms with Gasteiger partial charge < -0.3 is 24.5 Å². The van der Waals surface area contributed by atoms with Crippen molar-refractivity contribution in [3.8, 4) is 0 Å². The van der Waals surface area contributed by atoms with E-state index in [9.17, 15) is 19.5 Å². The fraction of sp³-hybridized carbons (Fsp3) is 0.500. The van der Waals surface area contributed by atoms with Crippen molar-refractivity contribution in [3.05, 3.63) is 97.1 Å². The first kappa shape index (κ1) is 33.6. The molecule has 0 radical (unpaired) electrons. The molecule has 0 saturated carbocycles. The number of hydrogen-bond acceptors (Lipinski definition) is 5. The van der Waals surface area contributed by atoms with Crippen molar-refractivity contribution >= 4 is 17.7 Å². The number of amides is 3. The third-order valence-corrected chi connectivity index (χ3v) is 10.3. The lowest BCUT2D eigenvalue weighted by Crippen LogP contribution is -2.62. The Hall–Kier alpha value is -3.75. The quantitative estimate of drug-likeness (QED) is 0.323. The molecule has 2 aromatic rings. The molecule has 5 rings (SSSR count). The van der Waals surface area contributed by atoms with Gasteiger partial charge in [0.25, 0.3) is 0 Å². The van der Waals surface area contributed by atoms with Gasteiger partial charge in [0.1, 0.15) is 11.6 Å². The molecule has 0 aliphatic carbocycles. The molecule has 8 heteroatoms. The van der Waals surface area contributed by atoms with Crippen molar-refractivity contribution < 1.29 is 24.2 Å². The van der Waals surface area contributed by atoms with Crippen molar-refractivity contribution in [2.75, 3.05) is 19.7 Å². The Morgan fingerprint density at radius 2 is 1.61 bits per heavy atom. The van der Waals surface area contributed by atoms with Gasteiger partial charge in [0.15, 0.2) is 0 Å². The van der Waals surface area contributed by atoms with Crippen LogP contribution in [0.25, 0.3) is 0 Å². The maximum absolute atomic E-state index is 15.0. The van der Waals surface area contributed by atoms with Crippen LogP contribution < -0.4 is 0 Å². The van der Waals surface area contributed by atoms with Crippen molar-refractivity contribution in [3.63, 3.8) is 0 Å². The molecule has 8 nitrogen and oxygen atoms in total. The van der Waals surface area contributed by atoms with Crippen LogP contribution in [-0.4, -0.2) is 86.0 Å². The van der Waals surface area contributed by atoms with Crippen molar-refractivity contribution in [2.45, 2.75) is 88.7 Å². The number of aliphatic hydroxyl groups is 1. The number of likely N-dealkylation sites (tertiary alicyclic amines) is 1. The molecule has 3 saturated heterocycles. The van der Waals surface area contributed by atoms with Crippen LogP contribution >= 0.6 is 0 Å². The molecule has 2 bridgehead atoms. The standard InChI is InChI=1S/C38H49N3O5/c1-7-22-39(25-28-18-14-11-15-19-28)33(43)30-31-34(44)41(29(26-42)24-27-16-12-10-13-17-27)32(35(45)40(23-8-2)36(4,5)6)38(31)21-20-37(30,9-3)46-38/h7-8,10-19,29-32,42H,1-2,9,20-26H2,3-6H3/t29-,30+,31+,32?,37-,38?/m1/s1. The monoisotopic (exact) mass is 627 g/mol. The molecule has 1 spiro atoms. The van der Waals surface area contributed by atoms with E-state index in [0.29, 0.717) is 38.8 Å². The van der Waals surface area contributed by atoms with Gasteiger partial charge in [-0.05, 0) is 57.6 Å². The van der Waals surface area contributed by atoms with Gasteiger partial charge in [-0.25, -0.2) is 0 Å². The normalized spacial score (nSPS) is 27.3. The zero-order chi connectivity index (χ0) is 33.3. The molecule has 0 aromatic heterocycles. The Morgan fingerprint density at radius 1 is 1.00 bits per heavy atom. The maximum Gasteiger partial charge on any atom is 0.249 e. The largest absolute Gasteiger partial charge is 0.394 e. The second-order valence-corrected chi connectivity index (χ2v) is 14.0. The zero-order valence-electron chi connectivity index (χ0n) is 27.7. The van der Waals surface area contributed by atoms with Gasteiger partial charge in [-0.3, -0.25) is 14.4 Å². The van der Waals surface area contributed by atoms with Gasteiger partial charge in [-0.15, -0.1) is 13.2 Å². The second kappa shape index (κ2) is 13.2. The number of aliphatic hydroxyl groups excluding tert-OH is 1. The van der Waals surface area contributed by atoms with Crippen molar-refractivity contribution in [1.82, 2.24) is 14.7 Å². The Labute approximate surface area is 273 Å². The summed E-state index contributed by atoms with van der Waals surface area (Å²) in [5, 5.41) is 10.8. The van der Waals surface area contributed by atoms with Crippen LogP contribution in [0.2, 0.25) is 0 Å². The van der Waals surface area contributed by atoms with Crippen LogP contribution in [-0.2, 0) is 32.1 Å². The minimum absolute atomic E-state index is 0.166. The third-order valence-electron chi connectivity index (χ3n) is 10.3. The van der Waals surface area contributed by atoms with E-state index in [-0.39, 0.29) is 30.9 Å². The smallest absolute Gasteiger partial charge is 0.249 e. The van der Waals surface area contributed by atoms with Gasteiger partial charge in [0.2, 0.25) is 17.7 Å². The Bertz CT molecular complexity index is 1440. The first-order valence-corrected chi connectivity index (χ1v) is 16.5. The van der Waals surface area contributed by atoms with Crippen LogP contribution in [0.15, 0.2) is 86.0 Å². The van der Waals surface area contributed by atoms with Gasteiger partial charge in [-0.2, -0.15) is 0 Å². The molecule has 2 unspecified atom stereocenters. The first-order chi connectivity index (χ1) is 22.0. The molecule has 3 fully saturated rings. The van der Waals surface area contributed by atoms with E-state index in [4.69, 9.17) is 4.74 Å². The van der Waals surface area contributed by atoms with E-state index in [1.807, 2.05) is 88.4 Å². The van der Waals surface area contributed by atoms with Gasteiger partial charge >= 0.3 is 0 Å². The number of ether oxygens (including phenoxy) is 1. The predicted molar refractivity (Wildman–Crippen MR) is 178 cm³/mol. The van der Waals surface area contributed by atoms with Crippen LogP contribution in [0.3, 0.4) is 0 Å². The van der Waals surface area contributed by atoms with E-state index in [1.165, 1.54) is 0 Å². The summed E-state index contributed by atoms with van der Waals surface area (Å²) in [5.41, 5.74) is -0.740. The van der Waals surface area contributed by atoms with Gasteiger partial charge in [-0.1, -0.05) is 79.7 Å². The van der Waals surface area contributed by atoms with E-state index in [0.717, 1.165) is 11.1 Å². The van der Waals surface area contributed by atoms with Gasteiger partial charge in [0, 0.05) is 25.2 Å². The third kappa shape index (κ3) is 5.71.